The maximum atomic E-state index is 12.0. The Bertz CT molecular complexity index is 225. The molecule has 0 aliphatic carbocycles. The van der Waals surface area contributed by atoms with Crippen LogP contribution in [0.5, 0.6) is 0 Å². The molecule has 0 aromatic carbocycles. The van der Waals surface area contributed by atoms with Crippen LogP contribution in [-0.2, 0) is 0 Å². The van der Waals surface area contributed by atoms with E-state index < -0.39 is 25.1 Å². The summed E-state index contributed by atoms with van der Waals surface area (Å²) in [7, 11) is 0. The molecule has 0 saturated heterocycles. The van der Waals surface area contributed by atoms with Crippen LogP contribution in [0, 0.1) is 0 Å². The first kappa shape index (κ1) is 21.8. The van der Waals surface area contributed by atoms with Crippen molar-refractivity contribution in [1.29, 1.82) is 0 Å². The third-order valence-corrected chi connectivity index (χ3v) is 4.14. The molecule has 0 amide bonds. The first-order chi connectivity index (χ1) is 10.6. The van der Waals surface area contributed by atoms with Crippen LogP contribution in [0.1, 0.15) is 96.8 Å². The molecule has 134 valence electrons. The topological polar surface area (TPSA) is 40.5 Å². The van der Waals surface area contributed by atoms with E-state index in [-0.39, 0.29) is 6.42 Å². The van der Waals surface area contributed by atoms with E-state index in [0.29, 0.717) is 6.42 Å². The van der Waals surface area contributed by atoms with Crippen LogP contribution in [0.4, 0.5) is 8.78 Å². The van der Waals surface area contributed by atoms with Crippen LogP contribution in [0.2, 0.25) is 0 Å². The van der Waals surface area contributed by atoms with Crippen LogP contribution in [0.25, 0.3) is 0 Å². The van der Waals surface area contributed by atoms with E-state index in [1.807, 2.05) is 0 Å². The Labute approximate surface area is 135 Å². The van der Waals surface area contributed by atoms with Gasteiger partial charge in [-0.15, -0.1) is 0 Å². The fourth-order valence-electron chi connectivity index (χ4n) is 2.78. The Kier molecular flexibility index (Phi) is 15.5. The molecular weight excluding hydrogens is 286 g/mol. The molecule has 0 fully saturated rings. The smallest absolute Gasteiger partial charge is 0.241 e. The van der Waals surface area contributed by atoms with Gasteiger partial charge < -0.3 is 10.2 Å². The normalized spacial score (nSPS) is 14.5. The Morgan fingerprint density at radius 1 is 0.636 bits per heavy atom. The third-order valence-electron chi connectivity index (χ3n) is 4.14. The fourth-order valence-corrected chi connectivity index (χ4v) is 2.78. The van der Waals surface area contributed by atoms with Gasteiger partial charge in [-0.2, -0.15) is 0 Å². The van der Waals surface area contributed by atoms with Crippen LogP contribution < -0.4 is 0 Å². The summed E-state index contributed by atoms with van der Waals surface area (Å²) in [6.07, 6.45) is 9.70. The first-order valence-electron chi connectivity index (χ1n) is 9.20. The van der Waals surface area contributed by atoms with E-state index in [1.165, 1.54) is 57.8 Å². The highest BCUT2D eigenvalue weighted by atomic mass is 19.3. The summed E-state index contributed by atoms with van der Waals surface area (Å²) in [5, 5.41) is 19.0. The Hall–Kier alpha value is -0.220. The summed E-state index contributed by atoms with van der Waals surface area (Å²) in [6.45, 7) is 2.23. The lowest BCUT2D eigenvalue weighted by Gasteiger charge is -2.15. The lowest BCUT2D eigenvalue weighted by Crippen LogP contribution is -2.19. The summed E-state index contributed by atoms with van der Waals surface area (Å²) in [4.78, 5) is 0. The average Bonchev–Trinajstić information content (AvgIpc) is 2.43. The fraction of sp³-hybridized carbons (Fsp3) is 1.00. The Balaban J connectivity index is 3.25. The first-order valence-corrected chi connectivity index (χ1v) is 9.20. The van der Waals surface area contributed by atoms with Gasteiger partial charge in [0, 0.05) is 6.42 Å². The van der Waals surface area contributed by atoms with Crippen molar-refractivity contribution in [2.24, 2.45) is 0 Å². The molecular formula is C18H36F2O2. The molecule has 0 aliphatic heterocycles. The zero-order chi connectivity index (χ0) is 16.6. The van der Waals surface area contributed by atoms with E-state index in [9.17, 15) is 19.0 Å². The van der Waals surface area contributed by atoms with Crippen molar-refractivity contribution in [3.05, 3.63) is 0 Å². The van der Waals surface area contributed by atoms with Gasteiger partial charge in [-0.1, -0.05) is 77.6 Å². The molecule has 4 heteroatoms. The van der Waals surface area contributed by atoms with Gasteiger partial charge in [0.1, 0.15) is 0 Å². The lowest BCUT2D eigenvalue weighted by atomic mass is 10.0. The van der Waals surface area contributed by atoms with E-state index in [0.717, 1.165) is 12.8 Å². The maximum Gasteiger partial charge on any atom is 0.241 e. The van der Waals surface area contributed by atoms with Gasteiger partial charge in [0.25, 0.3) is 0 Å². The third kappa shape index (κ3) is 16.2. The Morgan fingerprint density at radius 3 is 1.55 bits per heavy atom. The summed E-state index contributed by atoms with van der Waals surface area (Å²) >= 11 is 0. The van der Waals surface area contributed by atoms with Crippen LogP contribution in [0.15, 0.2) is 0 Å². The zero-order valence-corrected chi connectivity index (χ0v) is 14.3. The minimum Gasteiger partial charge on any atom is -0.393 e. The van der Waals surface area contributed by atoms with Crippen molar-refractivity contribution in [1.82, 2.24) is 0 Å². The summed E-state index contributed by atoms with van der Waals surface area (Å²) < 4.78 is 24.1. The van der Waals surface area contributed by atoms with E-state index in [4.69, 9.17) is 0 Å². The van der Waals surface area contributed by atoms with Crippen molar-refractivity contribution in [3.63, 3.8) is 0 Å². The Morgan fingerprint density at radius 2 is 1.09 bits per heavy atom. The van der Waals surface area contributed by atoms with Gasteiger partial charge in [-0.25, -0.2) is 8.78 Å². The highest BCUT2D eigenvalue weighted by molar-refractivity contribution is 4.65. The summed E-state index contributed by atoms with van der Waals surface area (Å²) in [5.41, 5.74) is 0. The van der Waals surface area contributed by atoms with Crippen molar-refractivity contribution < 1.29 is 19.0 Å². The van der Waals surface area contributed by atoms with Gasteiger partial charge in [0.15, 0.2) is 0 Å². The number of hydrogen-bond donors (Lipinski definition) is 2. The highest BCUT2D eigenvalue weighted by Crippen LogP contribution is 2.15. The molecule has 0 spiro atoms. The number of halogens is 2. The molecule has 2 unspecified atom stereocenters. The van der Waals surface area contributed by atoms with E-state index >= 15 is 0 Å². The van der Waals surface area contributed by atoms with Crippen LogP contribution in [0.3, 0.4) is 0 Å². The lowest BCUT2D eigenvalue weighted by molar-refractivity contribution is 0.0255. The molecule has 0 aromatic heterocycles. The largest absolute Gasteiger partial charge is 0.393 e. The summed E-state index contributed by atoms with van der Waals surface area (Å²) in [6, 6.07) is 0. The van der Waals surface area contributed by atoms with Gasteiger partial charge >= 0.3 is 0 Å². The number of unbranched alkanes of at least 4 members (excludes halogenated alkanes) is 10. The van der Waals surface area contributed by atoms with E-state index in [1.54, 1.807) is 0 Å². The van der Waals surface area contributed by atoms with Gasteiger partial charge in [0.2, 0.25) is 6.43 Å². The number of rotatable bonds is 16. The minimum absolute atomic E-state index is 0.0715. The van der Waals surface area contributed by atoms with Crippen molar-refractivity contribution in [2.45, 2.75) is 115 Å². The molecule has 2 N–H and O–H groups in total. The molecule has 22 heavy (non-hydrogen) atoms. The number of aliphatic hydroxyl groups excluding tert-OH is 2. The second-order valence-corrected chi connectivity index (χ2v) is 6.49. The van der Waals surface area contributed by atoms with Crippen molar-refractivity contribution in [3.8, 4) is 0 Å². The number of aliphatic hydroxyl groups is 2. The number of alkyl halides is 2. The van der Waals surface area contributed by atoms with Gasteiger partial charge in [0.05, 0.1) is 12.2 Å². The van der Waals surface area contributed by atoms with Gasteiger partial charge in [-0.05, 0) is 12.8 Å². The quantitative estimate of drug-likeness (QED) is 0.371. The second kappa shape index (κ2) is 15.7. The zero-order valence-electron chi connectivity index (χ0n) is 14.3. The summed E-state index contributed by atoms with van der Waals surface area (Å²) in [5.74, 6) is 0. The van der Waals surface area contributed by atoms with E-state index in [2.05, 4.69) is 6.92 Å². The standard InChI is InChI=1S/C18H36F2O2/c1-2-3-4-5-6-7-8-9-10-11-12-13-16(21)14-17(22)15-18(19)20/h16-18,21-22H,2-15H2,1H3. The maximum absolute atomic E-state index is 12.0. The minimum atomic E-state index is -2.50. The molecule has 2 atom stereocenters. The van der Waals surface area contributed by atoms with Crippen molar-refractivity contribution in [2.75, 3.05) is 0 Å². The predicted molar refractivity (Wildman–Crippen MR) is 88.3 cm³/mol. The van der Waals surface area contributed by atoms with Crippen molar-refractivity contribution >= 4 is 0 Å². The second-order valence-electron chi connectivity index (χ2n) is 6.49. The molecule has 0 aromatic rings. The molecule has 0 radical (unpaired) electrons. The molecule has 2 nitrogen and oxygen atoms in total. The highest BCUT2D eigenvalue weighted by Gasteiger charge is 2.16. The monoisotopic (exact) mass is 322 g/mol. The number of hydrogen-bond acceptors (Lipinski definition) is 2. The molecule has 0 bridgehead atoms. The molecule has 0 rings (SSSR count). The molecule has 0 saturated carbocycles. The average molecular weight is 322 g/mol. The SMILES string of the molecule is CCCCCCCCCCCCCC(O)CC(O)CC(F)F. The van der Waals surface area contributed by atoms with Crippen LogP contribution >= 0.6 is 0 Å². The van der Waals surface area contributed by atoms with Gasteiger partial charge in [-0.3, -0.25) is 0 Å². The molecule has 0 heterocycles. The predicted octanol–water partition coefficient (Wildman–Crippen LogP) is 5.45. The van der Waals surface area contributed by atoms with Crippen LogP contribution in [-0.4, -0.2) is 28.8 Å². The molecule has 0 aliphatic rings.